The van der Waals surface area contributed by atoms with Gasteiger partial charge in [-0.2, -0.15) is 0 Å². The molecule has 2 N–H and O–H groups in total. The number of nitrogens with zero attached hydrogens (tertiary/aromatic N) is 1. The van der Waals surface area contributed by atoms with Gasteiger partial charge in [-0.3, -0.25) is 4.79 Å². The summed E-state index contributed by atoms with van der Waals surface area (Å²) in [5.74, 6) is 0.0705. The van der Waals surface area contributed by atoms with Crippen molar-refractivity contribution in [2.24, 2.45) is 5.92 Å². The van der Waals surface area contributed by atoms with Crippen LogP contribution in [0.25, 0.3) is 0 Å². The lowest BCUT2D eigenvalue weighted by molar-refractivity contribution is -0.126. The SMILES string of the molecule is CCS(=O)(=O)N1CCC(C(=O)NCCNCCOC)CC1.Cl. The monoisotopic (exact) mass is 357 g/mol. The van der Waals surface area contributed by atoms with Gasteiger partial charge in [0.25, 0.3) is 0 Å². The summed E-state index contributed by atoms with van der Waals surface area (Å²) >= 11 is 0. The second kappa shape index (κ2) is 11.2. The number of sulfonamides is 1. The lowest BCUT2D eigenvalue weighted by Gasteiger charge is -2.30. The molecule has 0 aromatic heterocycles. The average molecular weight is 358 g/mol. The Kier molecular flexibility index (Phi) is 11.0. The molecule has 1 fully saturated rings. The third-order valence-corrected chi connectivity index (χ3v) is 5.55. The number of carbonyl (C=O) groups excluding carboxylic acids is 1. The Morgan fingerprint density at radius 2 is 1.86 bits per heavy atom. The van der Waals surface area contributed by atoms with E-state index in [1.807, 2.05) is 0 Å². The molecule has 1 saturated heterocycles. The molecule has 0 saturated carbocycles. The molecule has 0 aliphatic carbocycles. The quantitative estimate of drug-likeness (QED) is 0.559. The lowest BCUT2D eigenvalue weighted by atomic mass is 9.97. The molecule has 0 atom stereocenters. The second-order valence-corrected chi connectivity index (χ2v) is 7.37. The Morgan fingerprint density at radius 1 is 1.23 bits per heavy atom. The number of ether oxygens (including phenoxy) is 1. The zero-order valence-electron chi connectivity index (χ0n) is 13.3. The predicted octanol–water partition coefficient (Wildman–Crippen LogP) is -0.178. The summed E-state index contributed by atoms with van der Waals surface area (Å²) in [5.41, 5.74) is 0. The molecular formula is C13H28ClN3O4S. The number of hydrogen-bond acceptors (Lipinski definition) is 5. The van der Waals surface area contributed by atoms with Crippen LogP contribution in [-0.4, -0.2) is 70.8 Å². The molecule has 0 spiro atoms. The van der Waals surface area contributed by atoms with E-state index in [1.54, 1.807) is 14.0 Å². The van der Waals surface area contributed by atoms with Gasteiger partial charge in [-0.15, -0.1) is 12.4 Å². The van der Waals surface area contributed by atoms with E-state index in [4.69, 9.17) is 4.74 Å². The normalized spacial score (nSPS) is 17.0. The smallest absolute Gasteiger partial charge is 0.223 e. The molecule has 1 rings (SSSR count). The molecular weight excluding hydrogens is 330 g/mol. The number of rotatable bonds is 9. The van der Waals surface area contributed by atoms with Crippen molar-refractivity contribution in [3.63, 3.8) is 0 Å². The number of methoxy groups -OCH3 is 1. The number of nitrogens with one attached hydrogen (secondary N) is 2. The molecule has 1 aliphatic heterocycles. The van der Waals surface area contributed by atoms with Gasteiger partial charge in [-0.05, 0) is 19.8 Å². The van der Waals surface area contributed by atoms with Crippen LogP contribution in [0.1, 0.15) is 19.8 Å². The summed E-state index contributed by atoms with van der Waals surface area (Å²) in [6.45, 7) is 5.23. The fourth-order valence-corrected chi connectivity index (χ4v) is 3.43. The van der Waals surface area contributed by atoms with Crippen molar-refractivity contribution in [1.29, 1.82) is 0 Å². The van der Waals surface area contributed by atoms with Gasteiger partial charge in [0.15, 0.2) is 0 Å². The zero-order chi connectivity index (χ0) is 15.7. The van der Waals surface area contributed by atoms with E-state index in [0.717, 1.165) is 6.54 Å². The largest absolute Gasteiger partial charge is 0.383 e. The van der Waals surface area contributed by atoms with Crippen LogP contribution in [0.5, 0.6) is 0 Å². The van der Waals surface area contributed by atoms with Crippen LogP contribution in [0.4, 0.5) is 0 Å². The molecule has 7 nitrogen and oxygen atoms in total. The Morgan fingerprint density at radius 3 is 2.41 bits per heavy atom. The van der Waals surface area contributed by atoms with E-state index in [1.165, 1.54) is 4.31 Å². The lowest BCUT2D eigenvalue weighted by Crippen LogP contribution is -2.44. The van der Waals surface area contributed by atoms with Crippen molar-refractivity contribution < 1.29 is 17.9 Å². The van der Waals surface area contributed by atoms with Gasteiger partial charge in [0.1, 0.15) is 0 Å². The molecule has 1 aliphatic rings. The number of piperidine rings is 1. The highest BCUT2D eigenvalue weighted by atomic mass is 35.5. The van der Waals surface area contributed by atoms with Crippen LogP contribution in [0.3, 0.4) is 0 Å². The van der Waals surface area contributed by atoms with Gasteiger partial charge in [0.05, 0.1) is 12.4 Å². The minimum Gasteiger partial charge on any atom is -0.383 e. The van der Waals surface area contributed by atoms with Crippen molar-refractivity contribution in [1.82, 2.24) is 14.9 Å². The highest BCUT2D eigenvalue weighted by molar-refractivity contribution is 7.89. The first-order valence-electron chi connectivity index (χ1n) is 7.46. The predicted molar refractivity (Wildman–Crippen MR) is 88.8 cm³/mol. The molecule has 0 bridgehead atoms. The summed E-state index contributed by atoms with van der Waals surface area (Å²) in [6, 6.07) is 0. The average Bonchev–Trinajstić information content (AvgIpc) is 2.50. The maximum Gasteiger partial charge on any atom is 0.223 e. The van der Waals surface area contributed by atoms with Gasteiger partial charge in [0, 0.05) is 45.8 Å². The summed E-state index contributed by atoms with van der Waals surface area (Å²) < 4.78 is 29.9. The maximum absolute atomic E-state index is 12.0. The molecule has 0 radical (unpaired) electrons. The minimum absolute atomic E-state index is 0. The van der Waals surface area contributed by atoms with Crippen molar-refractivity contribution in [2.75, 3.05) is 52.2 Å². The summed E-state index contributed by atoms with van der Waals surface area (Å²) in [5, 5.41) is 6.04. The first kappa shape index (κ1) is 21.6. The molecule has 0 aromatic carbocycles. The Balaban J connectivity index is 0.00000441. The number of halogens is 1. The van der Waals surface area contributed by atoms with E-state index < -0.39 is 10.0 Å². The number of carbonyl (C=O) groups is 1. The van der Waals surface area contributed by atoms with Crippen LogP contribution < -0.4 is 10.6 Å². The first-order chi connectivity index (χ1) is 10.0. The summed E-state index contributed by atoms with van der Waals surface area (Å²) in [6.07, 6.45) is 1.20. The van der Waals surface area contributed by atoms with Crippen LogP contribution in [0.2, 0.25) is 0 Å². The fourth-order valence-electron chi connectivity index (χ4n) is 2.30. The van der Waals surface area contributed by atoms with E-state index in [0.29, 0.717) is 45.6 Å². The third-order valence-electron chi connectivity index (χ3n) is 3.67. The van der Waals surface area contributed by atoms with E-state index in [9.17, 15) is 13.2 Å². The molecule has 9 heteroatoms. The van der Waals surface area contributed by atoms with Gasteiger partial charge in [-0.1, -0.05) is 0 Å². The Bertz CT molecular complexity index is 412. The van der Waals surface area contributed by atoms with Crippen LogP contribution in [-0.2, 0) is 19.6 Å². The number of amides is 1. The van der Waals surface area contributed by atoms with Crippen molar-refractivity contribution in [3.8, 4) is 0 Å². The summed E-state index contributed by atoms with van der Waals surface area (Å²) in [7, 11) is -1.47. The fraction of sp³-hybridized carbons (Fsp3) is 0.923. The first-order valence-corrected chi connectivity index (χ1v) is 9.07. The molecule has 1 heterocycles. The van der Waals surface area contributed by atoms with Gasteiger partial charge in [-0.25, -0.2) is 12.7 Å². The Hall–Kier alpha value is -0.410. The van der Waals surface area contributed by atoms with Crippen LogP contribution >= 0.6 is 12.4 Å². The van der Waals surface area contributed by atoms with Gasteiger partial charge < -0.3 is 15.4 Å². The highest BCUT2D eigenvalue weighted by Gasteiger charge is 2.29. The minimum atomic E-state index is -3.12. The van der Waals surface area contributed by atoms with E-state index in [-0.39, 0.29) is 30.0 Å². The number of hydrogen-bond donors (Lipinski definition) is 2. The zero-order valence-corrected chi connectivity index (χ0v) is 15.0. The van der Waals surface area contributed by atoms with E-state index in [2.05, 4.69) is 10.6 Å². The van der Waals surface area contributed by atoms with E-state index >= 15 is 0 Å². The van der Waals surface area contributed by atoms with Crippen molar-refractivity contribution in [3.05, 3.63) is 0 Å². The molecule has 0 unspecified atom stereocenters. The van der Waals surface area contributed by atoms with Crippen molar-refractivity contribution in [2.45, 2.75) is 19.8 Å². The molecule has 1 amide bonds. The van der Waals surface area contributed by atoms with Gasteiger partial charge >= 0.3 is 0 Å². The maximum atomic E-state index is 12.0. The Labute approximate surface area is 139 Å². The second-order valence-electron chi connectivity index (χ2n) is 5.11. The molecule has 132 valence electrons. The molecule has 22 heavy (non-hydrogen) atoms. The standard InChI is InChI=1S/C13H27N3O4S.ClH/c1-3-21(18,19)16-9-4-12(5-10-16)13(17)15-7-6-14-8-11-20-2;/h12,14H,3-11H2,1-2H3,(H,15,17);1H. The third kappa shape index (κ3) is 7.23. The van der Waals surface area contributed by atoms with Crippen molar-refractivity contribution >= 4 is 28.3 Å². The van der Waals surface area contributed by atoms with Gasteiger partial charge in [0.2, 0.25) is 15.9 Å². The summed E-state index contributed by atoms with van der Waals surface area (Å²) in [4.78, 5) is 12.0. The molecule has 0 aromatic rings. The van der Waals surface area contributed by atoms with Crippen LogP contribution in [0.15, 0.2) is 0 Å². The van der Waals surface area contributed by atoms with Crippen LogP contribution in [0, 0.1) is 5.92 Å². The topological polar surface area (TPSA) is 87.7 Å². The highest BCUT2D eigenvalue weighted by Crippen LogP contribution is 2.19.